The summed E-state index contributed by atoms with van der Waals surface area (Å²) in [6.07, 6.45) is 2.25. The molecule has 2 aliphatic heterocycles. The standard InChI is InChI=1S/C21H28N4O4/c1-3-13-4-6-14(7-5-13)18-17(20(27)29-2)16(23-21(28)24-18)12-25-10-8-15(9-11-25)19(22)26/h4-7,15,18H,3,8-12H2,1-2H3,(H2,22,26)(H2,23,24,28)/t18-/m1/s1. The minimum absolute atomic E-state index is 0.118. The van der Waals surface area contributed by atoms with E-state index in [0.29, 0.717) is 43.7 Å². The van der Waals surface area contributed by atoms with Crippen molar-refractivity contribution in [3.05, 3.63) is 46.7 Å². The molecule has 1 atom stereocenters. The van der Waals surface area contributed by atoms with E-state index in [9.17, 15) is 14.4 Å². The molecule has 1 saturated heterocycles. The van der Waals surface area contributed by atoms with Gasteiger partial charge >= 0.3 is 12.0 Å². The van der Waals surface area contributed by atoms with Crippen molar-refractivity contribution in [2.24, 2.45) is 11.7 Å². The molecule has 8 heteroatoms. The van der Waals surface area contributed by atoms with Gasteiger partial charge < -0.3 is 21.1 Å². The second-order valence-electron chi connectivity index (χ2n) is 7.46. The molecule has 0 saturated carbocycles. The van der Waals surface area contributed by atoms with Crippen molar-refractivity contribution in [3.63, 3.8) is 0 Å². The van der Waals surface area contributed by atoms with Crippen molar-refractivity contribution in [1.82, 2.24) is 15.5 Å². The first-order valence-electron chi connectivity index (χ1n) is 9.92. The average molecular weight is 400 g/mol. The molecule has 29 heavy (non-hydrogen) atoms. The monoisotopic (exact) mass is 400 g/mol. The smallest absolute Gasteiger partial charge is 0.338 e. The molecule has 1 aromatic carbocycles. The van der Waals surface area contributed by atoms with Gasteiger partial charge in [-0.15, -0.1) is 0 Å². The molecule has 0 aromatic heterocycles. The van der Waals surface area contributed by atoms with Crippen LogP contribution in [0.3, 0.4) is 0 Å². The summed E-state index contributed by atoms with van der Waals surface area (Å²) in [4.78, 5) is 38.5. The van der Waals surface area contributed by atoms with Crippen LogP contribution in [0.2, 0.25) is 0 Å². The molecule has 8 nitrogen and oxygen atoms in total. The quantitative estimate of drug-likeness (QED) is 0.622. The van der Waals surface area contributed by atoms with Crippen LogP contribution >= 0.6 is 0 Å². The molecule has 4 N–H and O–H groups in total. The second-order valence-corrected chi connectivity index (χ2v) is 7.46. The van der Waals surface area contributed by atoms with E-state index in [0.717, 1.165) is 12.0 Å². The van der Waals surface area contributed by atoms with Crippen molar-refractivity contribution in [2.45, 2.75) is 32.2 Å². The van der Waals surface area contributed by atoms with Crippen LogP contribution in [0.15, 0.2) is 35.5 Å². The first-order chi connectivity index (χ1) is 13.9. The fourth-order valence-electron chi connectivity index (χ4n) is 3.89. The maximum absolute atomic E-state index is 12.6. The van der Waals surface area contributed by atoms with Crippen LogP contribution in [0.5, 0.6) is 0 Å². The first-order valence-corrected chi connectivity index (χ1v) is 9.92. The minimum Gasteiger partial charge on any atom is -0.466 e. The van der Waals surface area contributed by atoms with Crippen molar-refractivity contribution < 1.29 is 19.1 Å². The number of carbonyl (C=O) groups excluding carboxylic acids is 3. The van der Waals surface area contributed by atoms with E-state index in [1.54, 1.807) is 0 Å². The van der Waals surface area contributed by atoms with Crippen LogP contribution in [-0.2, 0) is 20.7 Å². The Morgan fingerprint density at radius 3 is 2.41 bits per heavy atom. The molecule has 156 valence electrons. The Kier molecular flexibility index (Phi) is 6.53. The highest BCUT2D eigenvalue weighted by Gasteiger charge is 2.34. The van der Waals surface area contributed by atoms with Crippen LogP contribution in [-0.4, -0.2) is 49.6 Å². The highest BCUT2D eigenvalue weighted by atomic mass is 16.5. The van der Waals surface area contributed by atoms with Gasteiger partial charge in [-0.3, -0.25) is 9.69 Å². The molecule has 1 aromatic rings. The first kappa shape index (κ1) is 20.9. The van der Waals surface area contributed by atoms with E-state index in [-0.39, 0.29) is 17.9 Å². The number of primary amides is 1. The van der Waals surface area contributed by atoms with Gasteiger partial charge in [0.25, 0.3) is 0 Å². The van der Waals surface area contributed by atoms with Crippen LogP contribution in [0, 0.1) is 5.92 Å². The van der Waals surface area contributed by atoms with Gasteiger partial charge in [0, 0.05) is 18.2 Å². The van der Waals surface area contributed by atoms with E-state index >= 15 is 0 Å². The number of nitrogens with two attached hydrogens (primary N) is 1. The molecule has 0 unspecified atom stereocenters. The molecule has 1 fully saturated rings. The van der Waals surface area contributed by atoms with E-state index in [1.165, 1.54) is 12.7 Å². The van der Waals surface area contributed by atoms with Gasteiger partial charge in [-0.1, -0.05) is 31.2 Å². The third-order valence-corrected chi connectivity index (χ3v) is 5.65. The normalized spacial score (nSPS) is 20.8. The zero-order chi connectivity index (χ0) is 21.0. The second kappa shape index (κ2) is 9.09. The maximum Gasteiger partial charge on any atom is 0.338 e. The lowest BCUT2D eigenvalue weighted by Crippen LogP contribution is -2.49. The number of benzene rings is 1. The third kappa shape index (κ3) is 4.76. The Labute approximate surface area is 170 Å². The number of nitrogens with zero attached hydrogens (tertiary/aromatic N) is 1. The van der Waals surface area contributed by atoms with Gasteiger partial charge in [0.15, 0.2) is 0 Å². The number of aryl methyl sites for hydroxylation is 1. The minimum atomic E-state index is -0.583. The number of rotatable bonds is 6. The topological polar surface area (TPSA) is 114 Å². The van der Waals surface area contributed by atoms with Crippen LogP contribution < -0.4 is 16.4 Å². The van der Waals surface area contributed by atoms with Gasteiger partial charge in [0.05, 0.1) is 18.7 Å². The molecule has 3 rings (SSSR count). The van der Waals surface area contributed by atoms with E-state index in [1.807, 2.05) is 24.3 Å². The summed E-state index contributed by atoms with van der Waals surface area (Å²) in [6, 6.07) is 6.89. The fourth-order valence-corrected chi connectivity index (χ4v) is 3.89. The number of esters is 1. The largest absolute Gasteiger partial charge is 0.466 e. The van der Waals surface area contributed by atoms with Crippen LogP contribution in [0.1, 0.15) is 36.9 Å². The highest BCUT2D eigenvalue weighted by molar-refractivity contribution is 5.95. The number of carbonyl (C=O) groups is 3. The fraction of sp³-hybridized carbons (Fsp3) is 0.476. The Morgan fingerprint density at radius 2 is 1.86 bits per heavy atom. The number of piperidine rings is 1. The number of ether oxygens (including phenoxy) is 1. The number of urea groups is 1. The summed E-state index contributed by atoms with van der Waals surface area (Å²) in [7, 11) is 1.33. The summed E-state index contributed by atoms with van der Waals surface area (Å²) in [5.74, 6) is -0.873. The van der Waals surface area contributed by atoms with Crippen molar-refractivity contribution >= 4 is 17.9 Å². The molecule has 2 heterocycles. The number of hydrogen-bond donors (Lipinski definition) is 3. The number of methoxy groups -OCH3 is 1. The SMILES string of the molecule is CCc1ccc([C@H]2NC(=O)NC(CN3CCC(C(N)=O)CC3)=C2C(=O)OC)cc1. The maximum atomic E-state index is 12.6. The highest BCUT2D eigenvalue weighted by Crippen LogP contribution is 2.29. The molecular formula is C21H28N4O4. The molecule has 3 amide bonds. The van der Waals surface area contributed by atoms with Gasteiger partial charge in [0.2, 0.25) is 5.91 Å². The van der Waals surface area contributed by atoms with E-state index in [2.05, 4.69) is 22.5 Å². The molecule has 0 spiro atoms. The summed E-state index contributed by atoms with van der Waals surface area (Å²) in [6.45, 7) is 3.81. The molecule has 0 aliphatic carbocycles. The van der Waals surface area contributed by atoms with Crippen LogP contribution in [0.4, 0.5) is 4.79 Å². The lowest BCUT2D eigenvalue weighted by molar-refractivity contribution is -0.136. The number of amides is 3. The van der Waals surface area contributed by atoms with Crippen LogP contribution in [0.25, 0.3) is 0 Å². The molecule has 0 radical (unpaired) electrons. The van der Waals surface area contributed by atoms with Gasteiger partial charge in [-0.25, -0.2) is 9.59 Å². The van der Waals surface area contributed by atoms with Gasteiger partial charge in [0.1, 0.15) is 0 Å². The molecular weight excluding hydrogens is 372 g/mol. The Morgan fingerprint density at radius 1 is 1.21 bits per heavy atom. The van der Waals surface area contributed by atoms with Crippen molar-refractivity contribution in [3.8, 4) is 0 Å². The zero-order valence-electron chi connectivity index (χ0n) is 16.9. The summed E-state index contributed by atoms with van der Waals surface area (Å²) in [5.41, 5.74) is 8.33. The third-order valence-electron chi connectivity index (χ3n) is 5.65. The Bertz CT molecular complexity index is 810. The predicted molar refractivity (Wildman–Crippen MR) is 108 cm³/mol. The predicted octanol–water partition coefficient (Wildman–Crippen LogP) is 1.23. The average Bonchev–Trinajstić information content (AvgIpc) is 2.73. The number of likely N-dealkylation sites (tertiary alicyclic amines) is 1. The zero-order valence-corrected chi connectivity index (χ0v) is 16.9. The summed E-state index contributed by atoms with van der Waals surface area (Å²) < 4.78 is 5.02. The number of hydrogen-bond acceptors (Lipinski definition) is 5. The Hall–Kier alpha value is -2.87. The summed E-state index contributed by atoms with van der Waals surface area (Å²) >= 11 is 0. The summed E-state index contributed by atoms with van der Waals surface area (Å²) in [5, 5.41) is 5.62. The molecule has 2 aliphatic rings. The van der Waals surface area contributed by atoms with Crippen molar-refractivity contribution in [2.75, 3.05) is 26.7 Å². The van der Waals surface area contributed by atoms with Gasteiger partial charge in [-0.05, 0) is 43.5 Å². The van der Waals surface area contributed by atoms with Gasteiger partial charge in [-0.2, -0.15) is 0 Å². The van der Waals surface area contributed by atoms with E-state index < -0.39 is 12.0 Å². The lowest BCUT2D eigenvalue weighted by atomic mass is 9.93. The van der Waals surface area contributed by atoms with Crippen molar-refractivity contribution in [1.29, 1.82) is 0 Å². The molecule has 0 bridgehead atoms. The Balaban J connectivity index is 1.87. The van der Waals surface area contributed by atoms with E-state index in [4.69, 9.17) is 10.5 Å². The lowest BCUT2D eigenvalue weighted by Gasteiger charge is -2.34. The number of nitrogens with one attached hydrogen (secondary N) is 2.